The van der Waals surface area contributed by atoms with Crippen LogP contribution in [-0.4, -0.2) is 0 Å². The van der Waals surface area contributed by atoms with Crippen LogP contribution in [0.2, 0.25) is 0 Å². The van der Waals surface area contributed by atoms with Gasteiger partial charge in [0.25, 0.3) is 0 Å². The monoisotopic (exact) mass is 161 g/mol. The van der Waals surface area contributed by atoms with E-state index in [0.29, 0.717) is 0 Å². The van der Waals surface area contributed by atoms with Gasteiger partial charge in [-0.15, -0.1) is 6.58 Å². The molecule has 0 saturated heterocycles. The molecule has 0 radical (unpaired) electrons. The summed E-state index contributed by atoms with van der Waals surface area (Å²) in [6.45, 7) is 5.74. The second-order valence-corrected chi connectivity index (χ2v) is 3.04. The van der Waals surface area contributed by atoms with E-state index in [0.717, 1.165) is 6.42 Å². The van der Waals surface area contributed by atoms with E-state index >= 15 is 0 Å². The molecule has 1 rings (SSSR count). The van der Waals surface area contributed by atoms with Gasteiger partial charge < -0.3 is 5.73 Å². The maximum absolute atomic E-state index is 5.88. The largest absolute Gasteiger partial charge is 0.324 e. The summed E-state index contributed by atoms with van der Waals surface area (Å²) < 4.78 is 0. The van der Waals surface area contributed by atoms with Gasteiger partial charge in [-0.2, -0.15) is 0 Å². The Kier molecular flexibility index (Phi) is 3.06. The molecule has 0 heterocycles. The predicted octanol–water partition coefficient (Wildman–Crippen LogP) is 2.57. The number of benzene rings is 1. The molecule has 0 aromatic heterocycles. The Morgan fingerprint density at radius 2 is 2.00 bits per heavy atom. The van der Waals surface area contributed by atoms with E-state index in [9.17, 15) is 0 Å². The van der Waals surface area contributed by atoms with Crippen molar-refractivity contribution < 1.29 is 0 Å². The molecule has 12 heavy (non-hydrogen) atoms. The zero-order valence-electron chi connectivity index (χ0n) is 7.46. The molecule has 0 spiro atoms. The summed E-state index contributed by atoms with van der Waals surface area (Å²) in [5.74, 6) is 0. The third-order valence-electron chi connectivity index (χ3n) is 1.93. The number of nitrogens with two attached hydrogens (primary N) is 1. The van der Waals surface area contributed by atoms with Crippen LogP contribution in [0, 0.1) is 6.92 Å². The molecular weight excluding hydrogens is 146 g/mol. The fraction of sp³-hybridized carbons (Fsp3) is 0.273. The van der Waals surface area contributed by atoms with Crippen molar-refractivity contribution in [2.24, 2.45) is 5.73 Å². The predicted molar refractivity (Wildman–Crippen MR) is 52.9 cm³/mol. The van der Waals surface area contributed by atoms with E-state index in [1.165, 1.54) is 11.1 Å². The van der Waals surface area contributed by atoms with Crippen LogP contribution >= 0.6 is 0 Å². The van der Waals surface area contributed by atoms with Crippen molar-refractivity contribution in [2.75, 3.05) is 0 Å². The van der Waals surface area contributed by atoms with Gasteiger partial charge in [0.1, 0.15) is 0 Å². The molecule has 0 aliphatic heterocycles. The van der Waals surface area contributed by atoms with E-state index in [1.807, 2.05) is 6.08 Å². The molecule has 0 saturated carbocycles. The molecule has 0 bridgehead atoms. The van der Waals surface area contributed by atoms with Crippen LogP contribution in [0.3, 0.4) is 0 Å². The normalized spacial score (nSPS) is 12.5. The van der Waals surface area contributed by atoms with E-state index in [1.54, 1.807) is 0 Å². The lowest BCUT2D eigenvalue weighted by atomic mass is 10.0. The average Bonchev–Trinajstić information content (AvgIpc) is 2.06. The molecule has 1 nitrogen and oxygen atoms in total. The highest BCUT2D eigenvalue weighted by Gasteiger charge is 2.01. The quantitative estimate of drug-likeness (QED) is 0.677. The lowest BCUT2D eigenvalue weighted by Crippen LogP contribution is -2.08. The smallest absolute Gasteiger partial charge is 0.0329 e. The lowest BCUT2D eigenvalue weighted by Gasteiger charge is -2.08. The molecular formula is C11H15N. The summed E-state index contributed by atoms with van der Waals surface area (Å²) in [4.78, 5) is 0. The number of rotatable bonds is 3. The van der Waals surface area contributed by atoms with Gasteiger partial charge in [-0.3, -0.25) is 0 Å². The molecule has 0 fully saturated rings. The molecule has 0 aliphatic carbocycles. The lowest BCUT2D eigenvalue weighted by molar-refractivity contribution is 0.741. The molecule has 1 atom stereocenters. The van der Waals surface area contributed by atoms with Gasteiger partial charge in [-0.1, -0.05) is 35.9 Å². The molecule has 1 heteroatoms. The standard InChI is InChI=1S/C11H15N/c1-3-4-11(12)10-7-5-9(2)6-8-10/h3,5-8,11H,1,4,12H2,2H3/t11-/m1/s1. The van der Waals surface area contributed by atoms with Crippen LogP contribution in [0.5, 0.6) is 0 Å². The highest BCUT2D eigenvalue weighted by atomic mass is 14.6. The first-order valence-corrected chi connectivity index (χ1v) is 4.17. The maximum Gasteiger partial charge on any atom is 0.0329 e. The van der Waals surface area contributed by atoms with Crippen LogP contribution in [0.4, 0.5) is 0 Å². The first-order chi connectivity index (χ1) is 5.74. The third kappa shape index (κ3) is 2.21. The summed E-state index contributed by atoms with van der Waals surface area (Å²) in [5.41, 5.74) is 8.33. The van der Waals surface area contributed by atoms with Crippen molar-refractivity contribution >= 4 is 0 Å². The van der Waals surface area contributed by atoms with Crippen molar-refractivity contribution in [2.45, 2.75) is 19.4 Å². The molecule has 64 valence electrons. The minimum atomic E-state index is 0.100. The van der Waals surface area contributed by atoms with Crippen LogP contribution in [-0.2, 0) is 0 Å². The second kappa shape index (κ2) is 4.07. The summed E-state index contributed by atoms with van der Waals surface area (Å²) in [7, 11) is 0. The minimum Gasteiger partial charge on any atom is -0.324 e. The molecule has 1 aromatic rings. The van der Waals surface area contributed by atoms with Gasteiger partial charge in [0.2, 0.25) is 0 Å². The Balaban J connectivity index is 2.74. The summed E-state index contributed by atoms with van der Waals surface area (Å²) >= 11 is 0. The highest BCUT2D eigenvalue weighted by Crippen LogP contribution is 2.14. The SMILES string of the molecule is C=CC[C@@H](N)c1ccc(C)cc1. The van der Waals surface area contributed by atoms with E-state index in [2.05, 4.69) is 37.8 Å². The Labute approximate surface area is 73.9 Å². The van der Waals surface area contributed by atoms with Crippen molar-refractivity contribution in [1.29, 1.82) is 0 Å². The van der Waals surface area contributed by atoms with E-state index in [4.69, 9.17) is 5.73 Å². The highest BCUT2D eigenvalue weighted by molar-refractivity contribution is 5.24. The van der Waals surface area contributed by atoms with Crippen LogP contribution in [0.15, 0.2) is 36.9 Å². The van der Waals surface area contributed by atoms with Gasteiger partial charge in [0.15, 0.2) is 0 Å². The zero-order valence-corrected chi connectivity index (χ0v) is 7.46. The average molecular weight is 161 g/mol. The van der Waals surface area contributed by atoms with E-state index in [-0.39, 0.29) is 6.04 Å². The van der Waals surface area contributed by atoms with Crippen molar-refractivity contribution in [3.63, 3.8) is 0 Å². The van der Waals surface area contributed by atoms with Gasteiger partial charge >= 0.3 is 0 Å². The summed E-state index contributed by atoms with van der Waals surface area (Å²) in [6.07, 6.45) is 2.69. The molecule has 2 N–H and O–H groups in total. The second-order valence-electron chi connectivity index (χ2n) is 3.04. The van der Waals surface area contributed by atoms with Gasteiger partial charge in [-0.05, 0) is 18.9 Å². The molecule has 1 aromatic carbocycles. The van der Waals surface area contributed by atoms with Gasteiger partial charge in [0, 0.05) is 6.04 Å². The molecule has 0 aliphatic rings. The van der Waals surface area contributed by atoms with Crippen molar-refractivity contribution in [1.82, 2.24) is 0 Å². The van der Waals surface area contributed by atoms with Gasteiger partial charge in [-0.25, -0.2) is 0 Å². The van der Waals surface area contributed by atoms with E-state index < -0.39 is 0 Å². The number of aryl methyl sites for hydroxylation is 1. The Bertz CT molecular complexity index is 248. The summed E-state index contributed by atoms with van der Waals surface area (Å²) in [5, 5.41) is 0. The number of hydrogen-bond donors (Lipinski definition) is 1. The summed E-state index contributed by atoms with van der Waals surface area (Å²) in [6, 6.07) is 8.41. The Morgan fingerprint density at radius 1 is 1.42 bits per heavy atom. The van der Waals surface area contributed by atoms with Crippen molar-refractivity contribution in [3.05, 3.63) is 48.0 Å². The Morgan fingerprint density at radius 3 is 2.50 bits per heavy atom. The van der Waals surface area contributed by atoms with Crippen LogP contribution in [0.1, 0.15) is 23.6 Å². The first kappa shape index (κ1) is 9.01. The Hall–Kier alpha value is -1.08. The number of hydrogen-bond acceptors (Lipinski definition) is 1. The third-order valence-corrected chi connectivity index (χ3v) is 1.93. The molecule has 0 amide bonds. The fourth-order valence-electron chi connectivity index (χ4n) is 1.13. The van der Waals surface area contributed by atoms with Gasteiger partial charge in [0.05, 0.1) is 0 Å². The van der Waals surface area contributed by atoms with Crippen LogP contribution < -0.4 is 5.73 Å². The first-order valence-electron chi connectivity index (χ1n) is 4.17. The minimum absolute atomic E-state index is 0.100. The molecule has 0 unspecified atom stereocenters. The van der Waals surface area contributed by atoms with Crippen LogP contribution in [0.25, 0.3) is 0 Å². The zero-order chi connectivity index (χ0) is 8.97. The maximum atomic E-state index is 5.88. The fourth-order valence-corrected chi connectivity index (χ4v) is 1.13. The topological polar surface area (TPSA) is 26.0 Å². The van der Waals surface area contributed by atoms with Crippen molar-refractivity contribution in [3.8, 4) is 0 Å².